The molecular weight excluding hydrogens is 1000 g/mol. The maximum atomic E-state index is 14.4. The molecule has 3 heterocycles. The van der Waals surface area contributed by atoms with Gasteiger partial charge in [0.2, 0.25) is 5.03 Å². The van der Waals surface area contributed by atoms with Crippen molar-refractivity contribution in [2.24, 2.45) is 4.40 Å². The number of hydrogen-bond acceptors (Lipinski definition) is 12. The highest BCUT2D eigenvalue weighted by molar-refractivity contribution is 7.90. The zero-order valence-electron chi connectivity index (χ0n) is 43.0. The van der Waals surface area contributed by atoms with Crippen molar-refractivity contribution >= 4 is 49.2 Å². The Hall–Kier alpha value is -8.47. The Labute approximate surface area is 436 Å². The zero-order chi connectivity index (χ0) is 55.5. The highest BCUT2D eigenvalue weighted by Gasteiger charge is 2.26. The van der Waals surface area contributed by atoms with E-state index in [0.717, 1.165) is 21.4 Å². The number of benzene rings is 4. The maximum absolute atomic E-state index is 14.4. The molecule has 7 aromatic rings. The number of urea groups is 1. The number of halogens is 2. The number of nitrogens with two attached hydrogens (primary N) is 1. The monoisotopic (exact) mass is 1060 g/mol. The minimum atomic E-state index is -4.23. The van der Waals surface area contributed by atoms with Crippen LogP contribution in [0.2, 0.25) is 0 Å². The van der Waals surface area contributed by atoms with Gasteiger partial charge in [-0.3, -0.25) is 9.36 Å². The first-order chi connectivity index (χ1) is 35.2. The first kappa shape index (κ1) is 57.4. The summed E-state index contributed by atoms with van der Waals surface area (Å²) in [6, 6.07) is 27.1. The van der Waals surface area contributed by atoms with E-state index in [-0.39, 0.29) is 45.5 Å². The van der Waals surface area contributed by atoms with E-state index in [9.17, 15) is 40.8 Å². The van der Waals surface area contributed by atoms with Gasteiger partial charge in [0.05, 0.1) is 41.3 Å². The lowest BCUT2D eigenvalue weighted by atomic mass is 9.93. The molecule has 0 bridgehead atoms. The molecule has 392 valence electrons. The van der Waals surface area contributed by atoms with Crippen LogP contribution in [0.4, 0.5) is 30.6 Å². The molecule has 0 saturated carbocycles. The van der Waals surface area contributed by atoms with E-state index in [2.05, 4.69) is 26.0 Å². The Bertz CT molecular complexity index is 3520. The average Bonchev–Trinajstić information content (AvgIpc) is 4.09. The van der Waals surface area contributed by atoms with Gasteiger partial charge in [0.1, 0.15) is 11.6 Å². The molecule has 0 saturated heterocycles. The van der Waals surface area contributed by atoms with E-state index in [1.807, 2.05) is 91.2 Å². The van der Waals surface area contributed by atoms with Gasteiger partial charge in [-0.05, 0) is 122 Å². The van der Waals surface area contributed by atoms with E-state index >= 15 is 0 Å². The molecule has 4 aromatic carbocycles. The molecular formula is C53H58F2N12O6S2. The summed E-state index contributed by atoms with van der Waals surface area (Å²) in [5.41, 5.74) is 12.2. The molecule has 0 unspecified atom stereocenters. The van der Waals surface area contributed by atoms with E-state index in [1.165, 1.54) is 70.5 Å². The van der Waals surface area contributed by atoms with Gasteiger partial charge in [0.15, 0.2) is 5.03 Å². The molecule has 75 heavy (non-hydrogen) atoms. The summed E-state index contributed by atoms with van der Waals surface area (Å²) in [7, 11) is -4.64. The van der Waals surface area contributed by atoms with Gasteiger partial charge in [-0.25, -0.2) is 22.9 Å². The van der Waals surface area contributed by atoms with Crippen molar-refractivity contribution in [3.63, 3.8) is 0 Å². The number of carbonyl (C=O) groups is 1. The normalized spacial score (nSPS) is 11.6. The van der Waals surface area contributed by atoms with Gasteiger partial charge in [-0.2, -0.15) is 37.6 Å². The van der Waals surface area contributed by atoms with Crippen molar-refractivity contribution in [1.29, 1.82) is 10.5 Å². The number of amides is 2. The fourth-order valence-corrected chi connectivity index (χ4v) is 8.84. The van der Waals surface area contributed by atoms with Crippen LogP contribution in [0, 0.1) is 34.3 Å². The molecule has 22 heteroatoms. The number of nitrogens with one attached hydrogen (secondary N) is 2. The SMILES string of the molecule is CC(C)c1cc(F)cc(-c2cccc(C#N)c2)c1N.CC(C)c1cc(F)cc(-c2cccc(C#N)c2)c1NC(=O)NS(=O)(=O)c1ccn(C(C)C)n1.CC(C)n1ccc(S(=O)(=O)N=C([O-])[n+]2ccc(N(C)C)cc2)n1. The third-order valence-corrected chi connectivity index (χ3v) is 13.5. The summed E-state index contributed by atoms with van der Waals surface area (Å²) in [5.74, 6) is -0.870. The van der Waals surface area contributed by atoms with Crippen molar-refractivity contribution in [1.82, 2.24) is 24.3 Å². The van der Waals surface area contributed by atoms with Crippen LogP contribution < -0.4 is 30.3 Å². The van der Waals surface area contributed by atoms with Crippen LogP contribution in [0.25, 0.3) is 22.3 Å². The predicted molar refractivity (Wildman–Crippen MR) is 281 cm³/mol. The number of anilines is 3. The van der Waals surface area contributed by atoms with Crippen molar-refractivity contribution in [2.45, 2.75) is 89.4 Å². The molecule has 3 aromatic heterocycles. The molecule has 0 fully saturated rings. The van der Waals surface area contributed by atoms with Crippen molar-refractivity contribution < 1.29 is 40.1 Å². The maximum Gasteiger partial charge on any atom is 0.388 e. The summed E-state index contributed by atoms with van der Waals surface area (Å²) < 4.78 is 87.0. The van der Waals surface area contributed by atoms with Crippen LogP contribution in [0.15, 0.2) is 136 Å². The number of rotatable bonds is 12. The fraction of sp³-hybridized carbons (Fsp3) is 0.264. The third kappa shape index (κ3) is 14.8. The third-order valence-electron chi connectivity index (χ3n) is 11.1. The minimum absolute atomic E-state index is 0.0163. The summed E-state index contributed by atoms with van der Waals surface area (Å²) in [5, 5.41) is 40.1. The number of aromatic nitrogens is 5. The van der Waals surface area contributed by atoms with Crippen molar-refractivity contribution in [3.8, 4) is 34.4 Å². The summed E-state index contributed by atoms with van der Waals surface area (Å²) in [4.78, 5) is 14.6. The molecule has 0 spiro atoms. The summed E-state index contributed by atoms with van der Waals surface area (Å²) in [6.07, 6.45) is 5.97. The van der Waals surface area contributed by atoms with Crippen LogP contribution in [0.5, 0.6) is 0 Å². The van der Waals surface area contributed by atoms with Crippen molar-refractivity contribution in [2.75, 3.05) is 30.0 Å². The van der Waals surface area contributed by atoms with Crippen molar-refractivity contribution in [3.05, 3.63) is 156 Å². The fourth-order valence-electron chi connectivity index (χ4n) is 7.17. The Balaban J connectivity index is 0.000000218. The van der Waals surface area contributed by atoms with Gasteiger partial charge in [0, 0.05) is 77.6 Å². The molecule has 0 aliphatic rings. The van der Waals surface area contributed by atoms with E-state index in [1.54, 1.807) is 54.6 Å². The highest BCUT2D eigenvalue weighted by Crippen LogP contribution is 2.37. The van der Waals surface area contributed by atoms with E-state index in [4.69, 9.17) is 11.0 Å². The van der Waals surface area contributed by atoms with Crippen LogP contribution >= 0.6 is 0 Å². The number of hydrogen-bond donors (Lipinski definition) is 3. The molecule has 0 aliphatic heterocycles. The number of pyridine rings is 1. The van der Waals surface area contributed by atoms with Gasteiger partial charge in [0.25, 0.3) is 16.0 Å². The Kier molecular flexibility index (Phi) is 18.8. The molecule has 0 radical (unpaired) electrons. The lowest BCUT2D eigenvalue weighted by molar-refractivity contribution is -0.613. The highest BCUT2D eigenvalue weighted by atomic mass is 32.2. The molecule has 2 amide bonds. The van der Waals surface area contributed by atoms with Crippen LogP contribution in [0.3, 0.4) is 0 Å². The topological polar surface area (TPSA) is 261 Å². The first-order valence-electron chi connectivity index (χ1n) is 23.3. The number of carbonyl (C=O) groups excluding carboxylic acids is 1. The lowest BCUT2D eigenvalue weighted by Gasteiger charge is -2.19. The molecule has 0 aliphatic carbocycles. The van der Waals surface area contributed by atoms with Gasteiger partial charge < -0.3 is 21.1 Å². The van der Waals surface area contributed by atoms with Gasteiger partial charge in [-0.15, -0.1) is 0 Å². The standard InChI is InChI=1S/C23H24FN5O3S.C16H15FN2.C14H19N5O3S/c1-14(2)19-11-18(24)12-20(17-7-5-6-16(10-17)13-25)22(19)26-23(30)28-33(31,32)21-8-9-29(27-21)15(3)4;1-10(2)14-7-13(17)8-15(16(14)19)12-5-3-4-11(6-12)9-18;1-11(2)19-10-7-13(15-19)23(21,22)16-14(20)18-8-5-12(6-9-18)17(3)4/h5-12,14-15H,1-4H3,(H2,26,28,30);3-8,10H,19H2,1-2H3;5-11H,1-4H3. The smallest absolute Gasteiger partial charge is 0.388 e. The van der Waals surface area contributed by atoms with Gasteiger partial charge >= 0.3 is 16.1 Å². The quantitative estimate of drug-likeness (QED) is 0.0450. The van der Waals surface area contributed by atoms with Crippen LogP contribution in [0.1, 0.15) is 102 Å². The Morgan fingerprint density at radius 1 is 0.720 bits per heavy atom. The predicted octanol–water partition coefficient (Wildman–Crippen LogP) is 8.62. The Morgan fingerprint density at radius 2 is 1.20 bits per heavy atom. The average molecular weight is 1060 g/mol. The first-order valence-corrected chi connectivity index (χ1v) is 26.3. The number of nitrogen functional groups attached to an aromatic ring is 1. The lowest BCUT2D eigenvalue weighted by Crippen LogP contribution is -2.51. The zero-order valence-corrected chi connectivity index (χ0v) is 44.6. The second kappa shape index (κ2) is 24.5. The number of sulfonamides is 2. The molecule has 4 N–H and O–H groups in total. The molecule has 18 nitrogen and oxygen atoms in total. The Morgan fingerprint density at radius 3 is 1.68 bits per heavy atom. The second-order valence-corrected chi connectivity index (χ2v) is 21.5. The minimum Gasteiger partial charge on any atom is -0.806 e. The van der Waals surface area contributed by atoms with Crippen LogP contribution in [-0.4, -0.2) is 62.5 Å². The second-order valence-electron chi connectivity index (χ2n) is 18.3. The van der Waals surface area contributed by atoms with Gasteiger partial charge in [-0.1, -0.05) is 52.0 Å². The van der Waals surface area contributed by atoms with Crippen LogP contribution in [-0.2, 0) is 20.0 Å². The molecule has 0 atom stereocenters. The number of nitriles is 2. The number of nitrogens with zero attached hydrogens (tertiary/aromatic N) is 9. The largest absolute Gasteiger partial charge is 0.806 e. The van der Waals surface area contributed by atoms with E-state index < -0.39 is 37.9 Å². The summed E-state index contributed by atoms with van der Waals surface area (Å²) >= 11 is 0. The summed E-state index contributed by atoms with van der Waals surface area (Å²) in [6.45, 7) is 15.0. The molecule has 7 rings (SSSR count). The van der Waals surface area contributed by atoms with E-state index in [0.29, 0.717) is 39.1 Å².